The molecule has 0 saturated heterocycles. The van der Waals surface area contributed by atoms with Crippen molar-refractivity contribution in [3.63, 3.8) is 0 Å². The first-order chi connectivity index (χ1) is 14.8. The Hall–Kier alpha value is -3.32. The molecule has 0 spiro atoms. The molecule has 7 heteroatoms. The molecule has 0 bridgehead atoms. The number of amides is 1. The quantitative estimate of drug-likeness (QED) is 0.468. The first-order valence-electron chi connectivity index (χ1n) is 9.74. The Morgan fingerprint density at radius 2 is 1.77 bits per heavy atom. The molecule has 0 aliphatic heterocycles. The van der Waals surface area contributed by atoms with Crippen molar-refractivity contribution in [3.05, 3.63) is 71.1 Å². The van der Waals surface area contributed by atoms with Gasteiger partial charge in [-0.05, 0) is 44.0 Å². The highest BCUT2D eigenvalue weighted by molar-refractivity contribution is 7.15. The minimum atomic E-state index is -0.662. The summed E-state index contributed by atoms with van der Waals surface area (Å²) in [5, 5.41) is 4.86. The van der Waals surface area contributed by atoms with Gasteiger partial charge in [0.05, 0.1) is 7.11 Å². The number of ether oxygens (including phenoxy) is 3. The summed E-state index contributed by atoms with van der Waals surface area (Å²) in [6.07, 6.45) is -0.636. The molecule has 0 atom stereocenters. The van der Waals surface area contributed by atoms with Crippen LogP contribution in [0.5, 0.6) is 5.75 Å². The third-order valence-corrected chi connectivity index (χ3v) is 5.10. The lowest BCUT2D eigenvalue weighted by atomic mass is 10.0. The predicted molar refractivity (Wildman–Crippen MR) is 122 cm³/mol. The standard InChI is InChI=1S/C24H25NO5S/c1-24(2,3)30-23(27)25-21-20(22(26)29-14-16-9-6-5-7-10-16)19(15-31-21)17-11-8-12-18(13-17)28-4/h5-13,15H,14H2,1-4H3,(H,25,27). The molecule has 162 valence electrons. The van der Waals surface area contributed by atoms with E-state index in [0.29, 0.717) is 16.3 Å². The number of benzene rings is 2. The zero-order valence-electron chi connectivity index (χ0n) is 17.9. The first kappa shape index (κ1) is 22.4. The smallest absolute Gasteiger partial charge is 0.412 e. The topological polar surface area (TPSA) is 73.9 Å². The molecular formula is C24H25NO5S. The number of carbonyl (C=O) groups is 2. The Kier molecular flexibility index (Phi) is 6.97. The second kappa shape index (κ2) is 9.66. The van der Waals surface area contributed by atoms with Crippen molar-refractivity contribution < 1.29 is 23.8 Å². The van der Waals surface area contributed by atoms with Crippen LogP contribution in [0.25, 0.3) is 11.1 Å². The molecule has 0 saturated carbocycles. The van der Waals surface area contributed by atoms with E-state index in [-0.39, 0.29) is 12.2 Å². The third-order valence-electron chi connectivity index (χ3n) is 4.20. The molecule has 1 N–H and O–H groups in total. The average molecular weight is 440 g/mol. The average Bonchev–Trinajstić information content (AvgIpc) is 3.15. The number of rotatable bonds is 6. The Morgan fingerprint density at radius 3 is 2.45 bits per heavy atom. The Balaban J connectivity index is 1.92. The molecular weight excluding hydrogens is 414 g/mol. The number of thiophene rings is 1. The fraction of sp³-hybridized carbons (Fsp3) is 0.250. The van der Waals surface area contributed by atoms with Gasteiger partial charge in [-0.25, -0.2) is 9.59 Å². The van der Waals surface area contributed by atoms with Gasteiger partial charge in [0.2, 0.25) is 0 Å². The highest BCUT2D eigenvalue weighted by atomic mass is 32.1. The normalized spacial score (nSPS) is 11.0. The molecule has 0 aliphatic rings. The molecule has 0 radical (unpaired) electrons. The minimum Gasteiger partial charge on any atom is -0.497 e. The van der Waals surface area contributed by atoms with E-state index in [2.05, 4.69) is 5.32 Å². The number of anilines is 1. The van der Waals surface area contributed by atoms with Crippen LogP contribution in [0.15, 0.2) is 60.0 Å². The van der Waals surface area contributed by atoms with Crippen LogP contribution in [0.1, 0.15) is 36.7 Å². The van der Waals surface area contributed by atoms with Crippen LogP contribution in [-0.4, -0.2) is 24.8 Å². The van der Waals surface area contributed by atoms with Crippen LogP contribution in [0.4, 0.5) is 9.80 Å². The molecule has 0 fully saturated rings. The van der Waals surface area contributed by atoms with Crippen LogP contribution in [0.3, 0.4) is 0 Å². The molecule has 3 aromatic rings. The molecule has 1 heterocycles. The van der Waals surface area contributed by atoms with Gasteiger partial charge in [0.25, 0.3) is 0 Å². The maximum atomic E-state index is 13.1. The van der Waals surface area contributed by atoms with E-state index in [9.17, 15) is 9.59 Å². The Labute approximate surface area is 185 Å². The number of esters is 1. The van der Waals surface area contributed by atoms with Crippen molar-refractivity contribution in [1.82, 2.24) is 0 Å². The van der Waals surface area contributed by atoms with Crippen LogP contribution in [0.2, 0.25) is 0 Å². The van der Waals surface area contributed by atoms with Gasteiger partial charge in [0.1, 0.15) is 28.5 Å². The zero-order valence-corrected chi connectivity index (χ0v) is 18.7. The van der Waals surface area contributed by atoms with E-state index in [0.717, 1.165) is 11.1 Å². The van der Waals surface area contributed by atoms with E-state index in [1.807, 2.05) is 54.6 Å². The molecule has 6 nitrogen and oxygen atoms in total. The monoisotopic (exact) mass is 439 g/mol. The van der Waals surface area contributed by atoms with Crippen LogP contribution < -0.4 is 10.1 Å². The summed E-state index contributed by atoms with van der Waals surface area (Å²) in [6.45, 7) is 5.45. The van der Waals surface area contributed by atoms with Crippen LogP contribution in [0, 0.1) is 0 Å². The second-order valence-corrected chi connectivity index (χ2v) is 8.65. The van der Waals surface area contributed by atoms with E-state index in [1.54, 1.807) is 33.3 Å². The van der Waals surface area contributed by atoms with Gasteiger partial charge >= 0.3 is 12.1 Å². The highest BCUT2D eigenvalue weighted by Crippen LogP contribution is 2.37. The number of hydrogen-bond donors (Lipinski definition) is 1. The molecule has 31 heavy (non-hydrogen) atoms. The lowest BCUT2D eigenvalue weighted by Crippen LogP contribution is -2.27. The van der Waals surface area contributed by atoms with E-state index in [4.69, 9.17) is 14.2 Å². The summed E-state index contributed by atoms with van der Waals surface area (Å²) in [5.41, 5.74) is 1.91. The molecule has 3 rings (SSSR count). The molecule has 1 aromatic heterocycles. The van der Waals surface area contributed by atoms with Crippen molar-refractivity contribution in [2.24, 2.45) is 0 Å². The van der Waals surface area contributed by atoms with E-state index < -0.39 is 17.7 Å². The van der Waals surface area contributed by atoms with E-state index >= 15 is 0 Å². The first-order valence-corrected chi connectivity index (χ1v) is 10.6. The summed E-state index contributed by atoms with van der Waals surface area (Å²) < 4.78 is 16.2. The van der Waals surface area contributed by atoms with Crippen molar-refractivity contribution in [3.8, 4) is 16.9 Å². The summed E-state index contributed by atoms with van der Waals surface area (Å²) in [5.74, 6) is 0.128. The largest absolute Gasteiger partial charge is 0.497 e. The number of hydrogen-bond acceptors (Lipinski definition) is 6. The lowest BCUT2D eigenvalue weighted by Gasteiger charge is -2.19. The fourth-order valence-corrected chi connectivity index (χ4v) is 3.79. The summed E-state index contributed by atoms with van der Waals surface area (Å²) in [7, 11) is 1.58. The van der Waals surface area contributed by atoms with E-state index in [1.165, 1.54) is 11.3 Å². The van der Waals surface area contributed by atoms with Crippen molar-refractivity contribution in [2.75, 3.05) is 12.4 Å². The summed E-state index contributed by atoms with van der Waals surface area (Å²) in [6, 6.07) is 16.8. The van der Waals surface area contributed by atoms with Gasteiger partial charge < -0.3 is 14.2 Å². The van der Waals surface area contributed by atoms with Crippen molar-refractivity contribution >= 4 is 28.4 Å². The zero-order chi connectivity index (χ0) is 22.4. The second-order valence-electron chi connectivity index (χ2n) is 7.77. The summed E-state index contributed by atoms with van der Waals surface area (Å²) >= 11 is 1.24. The SMILES string of the molecule is COc1cccc(-c2csc(NC(=O)OC(C)(C)C)c2C(=O)OCc2ccccc2)c1. The maximum Gasteiger partial charge on any atom is 0.412 e. The van der Waals surface area contributed by atoms with Gasteiger partial charge in [-0.2, -0.15) is 0 Å². The Morgan fingerprint density at radius 1 is 1.03 bits per heavy atom. The van der Waals surface area contributed by atoms with Crippen LogP contribution in [-0.2, 0) is 16.1 Å². The van der Waals surface area contributed by atoms with Gasteiger partial charge in [-0.15, -0.1) is 11.3 Å². The molecule has 0 unspecified atom stereocenters. The van der Waals surface area contributed by atoms with Crippen LogP contribution >= 0.6 is 11.3 Å². The summed E-state index contributed by atoms with van der Waals surface area (Å²) in [4.78, 5) is 25.4. The van der Waals surface area contributed by atoms with Gasteiger partial charge in [0.15, 0.2) is 0 Å². The Bertz CT molecular complexity index is 1050. The predicted octanol–water partition coefficient (Wildman–Crippen LogP) is 6.13. The molecule has 0 aliphatic carbocycles. The number of methoxy groups -OCH3 is 1. The van der Waals surface area contributed by atoms with Crippen molar-refractivity contribution in [1.29, 1.82) is 0 Å². The van der Waals surface area contributed by atoms with Gasteiger partial charge in [-0.1, -0.05) is 42.5 Å². The van der Waals surface area contributed by atoms with Gasteiger partial charge in [0, 0.05) is 10.9 Å². The fourth-order valence-electron chi connectivity index (χ4n) is 2.85. The lowest BCUT2D eigenvalue weighted by molar-refractivity contribution is 0.0475. The highest BCUT2D eigenvalue weighted by Gasteiger charge is 2.25. The number of nitrogens with one attached hydrogen (secondary N) is 1. The molecule has 2 aromatic carbocycles. The number of carbonyl (C=O) groups excluding carboxylic acids is 2. The molecule has 1 amide bonds. The van der Waals surface area contributed by atoms with Crippen molar-refractivity contribution in [2.45, 2.75) is 33.0 Å². The maximum absolute atomic E-state index is 13.1. The third kappa shape index (κ3) is 6.08. The minimum absolute atomic E-state index is 0.124. The van der Waals surface area contributed by atoms with Gasteiger partial charge in [-0.3, -0.25) is 5.32 Å².